The zero-order chi connectivity index (χ0) is 48.9. The van der Waals surface area contributed by atoms with Crippen LogP contribution in [0.25, 0.3) is 11.1 Å². The highest BCUT2D eigenvalue weighted by Gasteiger charge is 2.51. The van der Waals surface area contributed by atoms with E-state index in [0.29, 0.717) is 76.6 Å². The van der Waals surface area contributed by atoms with E-state index in [1.54, 1.807) is 53.7 Å². The van der Waals surface area contributed by atoms with Gasteiger partial charge in [-0.25, -0.2) is 0 Å². The van der Waals surface area contributed by atoms with Crippen LogP contribution in [-0.4, -0.2) is 50.6 Å². The van der Waals surface area contributed by atoms with Gasteiger partial charge in [0.2, 0.25) is 5.24 Å². The van der Waals surface area contributed by atoms with Gasteiger partial charge in [0.15, 0.2) is 0 Å². The molecule has 0 radical (unpaired) electrons. The Morgan fingerprint density at radius 2 is 1.00 bits per heavy atom. The maximum Gasteiger partial charge on any atom is 0.316 e. The number of benzene rings is 4. The van der Waals surface area contributed by atoms with Crippen molar-refractivity contribution in [2.75, 3.05) is 0 Å². The number of nitrogens with one attached hydrogen (secondary N) is 2. The number of aliphatic hydroxyl groups excluding tert-OH is 1. The van der Waals surface area contributed by atoms with Crippen LogP contribution in [-0.2, 0) is 23.9 Å². The zero-order valence-electron chi connectivity index (χ0n) is 39.4. The number of rotatable bonds is 5. The monoisotopic (exact) mass is 964 g/mol. The number of para-hydroxylation sites is 2. The number of aryl methyl sites for hydroxylation is 2. The van der Waals surface area contributed by atoms with Crippen LogP contribution in [0.2, 0.25) is 10.0 Å². The second-order valence-corrected chi connectivity index (χ2v) is 20.8. The standard InChI is InChI=1S/C27H29ClN2O3.C22H21ClN2O2.C5H9ClO/c1-17-10-11-20(21(28)16-17)22-23(33-25(32)26(2,3)4)27(30-24(22)31)14-12-19(13-15-27)29-18-8-6-5-7-9-18;1-14-7-8-17(18(23)13-14)19-20(26)22(25-21(19)27)11-9-16(10-12-22)24-15-5-3-2-4-6-15;1-5(2,3)4(6)7/h5-11,16H,12-15H2,1-4H3,(H,30,31);2-8,13,26H,9-12H2,1H3,(H,25,27);1-3H3. The molecule has 0 atom stereocenters. The second-order valence-electron chi connectivity index (χ2n) is 19.7. The smallest absolute Gasteiger partial charge is 0.316 e. The maximum absolute atomic E-state index is 13.3. The Morgan fingerprint density at radius 1 is 0.612 bits per heavy atom. The van der Waals surface area contributed by atoms with Gasteiger partial charge in [0.05, 0.1) is 39.0 Å². The topological polar surface area (TPSA) is 147 Å². The second kappa shape index (κ2) is 20.8. The number of hydrogen-bond acceptors (Lipinski definition) is 8. The fourth-order valence-electron chi connectivity index (χ4n) is 8.14. The third-order valence-corrected chi connectivity index (χ3v) is 13.3. The molecule has 0 aromatic heterocycles. The van der Waals surface area contributed by atoms with Gasteiger partial charge in [-0.1, -0.05) is 105 Å². The van der Waals surface area contributed by atoms with Gasteiger partial charge in [-0.15, -0.1) is 0 Å². The summed E-state index contributed by atoms with van der Waals surface area (Å²) in [6.07, 6.45) is 5.31. The highest BCUT2D eigenvalue weighted by Crippen LogP contribution is 2.46. The van der Waals surface area contributed by atoms with E-state index in [2.05, 4.69) is 10.6 Å². The number of carbonyl (C=O) groups is 4. The van der Waals surface area contributed by atoms with Crippen molar-refractivity contribution in [1.29, 1.82) is 0 Å². The van der Waals surface area contributed by atoms with Gasteiger partial charge < -0.3 is 20.5 Å². The molecule has 4 aromatic rings. The van der Waals surface area contributed by atoms with E-state index in [4.69, 9.17) is 49.5 Å². The molecule has 2 aliphatic carbocycles. The van der Waals surface area contributed by atoms with E-state index in [-0.39, 0.29) is 34.2 Å². The van der Waals surface area contributed by atoms with Gasteiger partial charge in [0, 0.05) is 38.0 Å². The van der Waals surface area contributed by atoms with Crippen molar-refractivity contribution in [1.82, 2.24) is 10.6 Å². The summed E-state index contributed by atoms with van der Waals surface area (Å²) in [5, 5.41) is 17.8. The minimum Gasteiger partial charge on any atom is -0.509 e. The lowest BCUT2D eigenvalue weighted by Crippen LogP contribution is -2.48. The highest BCUT2D eigenvalue weighted by molar-refractivity contribution is 6.64. The van der Waals surface area contributed by atoms with Crippen LogP contribution in [0.5, 0.6) is 0 Å². The molecule has 4 aromatic carbocycles. The summed E-state index contributed by atoms with van der Waals surface area (Å²) in [5.41, 5.74) is 5.28. The zero-order valence-corrected chi connectivity index (χ0v) is 41.7. The minimum atomic E-state index is -0.753. The molecular formula is C54H59Cl3N4O6. The van der Waals surface area contributed by atoms with Crippen molar-refractivity contribution in [2.45, 2.75) is 118 Å². The van der Waals surface area contributed by atoms with Gasteiger partial charge in [0.25, 0.3) is 11.8 Å². The van der Waals surface area contributed by atoms with Crippen LogP contribution >= 0.6 is 34.8 Å². The number of aliphatic hydroxyl groups is 1. The Morgan fingerprint density at radius 3 is 1.40 bits per heavy atom. The Bertz CT molecular complexity index is 2660. The van der Waals surface area contributed by atoms with Gasteiger partial charge in [-0.3, -0.25) is 29.2 Å². The summed E-state index contributed by atoms with van der Waals surface area (Å²) < 4.78 is 6.00. The lowest BCUT2D eigenvalue weighted by atomic mass is 9.79. The lowest BCUT2D eigenvalue weighted by molar-refractivity contribution is -0.149. The maximum atomic E-state index is 13.3. The molecule has 0 saturated heterocycles. The first-order chi connectivity index (χ1) is 31.5. The number of esters is 1. The molecule has 8 rings (SSSR count). The molecule has 2 fully saturated rings. The van der Waals surface area contributed by atoms with Crippen molar-refractivity contribution in [3.05, 3.63) is 141 Å². The van der Waals surface area contributed by atoms with E-state index in [1.807, 2.05) is 98.8 Å². The number of aliphatic imine (C=N–C) groups is 2. The molecule has 2 amide bonds. The molecule has 3 N–H and O–H groups in total. The average molecular weight is 966 g/mol. The molecule has 0 unspecified atom stereocenters. The summed E-state index contributed by atoms with van der Waals surface area (Å²) >= 11 is 18.0. The van der Waals surface area contributed by atoms with Crippen molar-refractivity contribution < 1.29 is 29.0 Å². The van der Waals surface area contributed by atoms with Crippen LogP contribution in [0.15, 0.2) is 119 Å². The SMILES string of the molecule is CC(C)(C)C(=O)Cl.Cc1ccc(C2=C(O)C3(CCC(=Nc4ccccc4)CC3)NC2=O)c(Cl)c1.Cc1ccc(C2=C(OC(=O)C(C)(C)C)C3(CCC(=Nc4ccccc4)CC3)NC2=O)c(Cl)c1. The number of hydrogen-bond donors (Lipinski definition) is 3. The largest absolute Gasteiger partial charge is 0.509 e. The molecule has 10 nitrogen and oxygen atoms in total. The summed E-state index contributed by atoms with van der Waals surface area (Å²) in [6, 6.07) is 30.7. The van der Waals surface area contributed by atoms with Crippen molar-refractivity contribution >= 4 is 91.8 Å². The quantitative estimate of drug-likeness (QED) is 0.134. The molecule has 13 heteroatoms. The van der Waals surface area contributed by atoms with E-state index in [0.717, 1.165) is 46.8 Å². The first-order valence-electron chi connectivity index (χ1n) is 22.5. The van der Waals surface area contributed by atoms with Crippen molar-refractivity contribution in [2.24, 2.45) is 20.8 Å². The van der Waals surface area contributed by atoms with Crippen LogP contribution in [0.3, 0.4) is 0 Å². The lowest BCUT2D eigenvalue weighted by Gasteiger charge is -2.36. The fourth-order valence-corrected chi connectivity index (χ4v) is 8.80. The summed E-state index contributed by atoms with van der Waals surface area (Å²) in [7, 11) is 0. The summed E-state index contributed by atoms with van der Waals surface area (Å²) in [5.74, 6) is -0.408. The third kappa shape index (κ3) is 12.1. The fraction of sp³-hybridized carbons (Fsp3) is 0.370. The Kier molecular flexibility index (Phi) is 15.8. The van der Waals surface area contributed by atoms with Crippen LogP contribution < -0.4 is 10.6 Å². The molecule has 0 bridgehead atoms. The van der Waals surface area contributed by atoms with E-state index in [9.17, 15) is 24.3 Å². The van der Waals surface area contributed by atoms with Gasteiger partial charge in [0.1, 0.15) is 11.5 Å². The molecular weight excluding hydrogens is 907 g/mol. The number of ether oxygens (including phenoxy) is 1. The number of halogens is 3. The predicted molar refractivity (Wildman–Crippen MR) is 270 cm³/mol. The van der Waals surface area contributed by atoms with E-state index >= 15 is 0 Å². The normalized spacial score (nSPS) is 20.4. The van der Waals surface area contributed by atoms with Crippen LogP contribution in [0.4, 0.5) is 11.4 Å². The van der Waals surface area contributed by atoms with Gasteiger partial charge in [-0.05, 0) is 145 Å². The molecule has 4 aliphatic rings. The average Bonchev–Trinajstić information content (AvgIpc) is 3.66. The van der Waals surface area contributed by atoms with E-state index in [1.165, 1.54) is 0 Å². The first-order valence-corrected chi connectivity index (χ1v) is 23.7. The number of amides is 2. The van der Waals surface area contributed by atoms with Gasteiger partial charge in [-0.2, -0.15) is 0 Å². The Balaban J connectivity index is 0.000000196. The van der Waals surface area contributed by atoms with Crippen LogP contribution in [0.1, 0.15) is 115 Å². The molecule has 2 saturated carbocycles. The Labute approximate surface area is 409 Å². The molecule has 352 valence electrons. The van der Waals surface area contributed by atoms with Crippen molar-refractivity contribution in [3.63, 3.8) is 0 Å². The molecule has 2 heterocycles. The molecule has 67 heavy (non-hydrogen) atoms. The minimum absolute atomic E-state index is 0.108. The highest BCUT2D eigenvalue weighted by atomic mass is 35.5. The van der Waals surface area contributed by atoms with Gasteiger partial charge >= 0.3 is 5.97 Å². The molecule has 2 aliphatic heterocycles. The number of carbonyl (C=O) groups excluding carboxylic acids is 4. The van der Waals surface area contributed by atoms with E-state index < -0.39 is 16.5 Å². The summed E-state index contributed by atoms with van der Waals surface area (Å²) in [4.78, 5) is 58.5. The van der Waals surface area contributed by atoms with Crippen molar-refractivity contribution in [3.8, 4) is 0 Å². The van der Waals surface area contributed by atoms with Crippen LogP contribution in [0, 0.1) is 24.7 Å². The Hall–Kier alpha value is -5.55. The summed E-state index contributed by atoms with van der Waals surface area (Å²) in [6.45, 7) is 14.6. The predicted octanol–water partition coefficient (Wildman–Crippen LogP) is 13.1. The number of nitrogens with zero attached hydrogens (tertiary/aromatic N) is 2. The third-order valence-electron chi connectivity index (χ3n) is 12.1. The first kappa shape index (κ1) is 50.9. The molecule has 2 spiro atoms.